The maximum atomic E-state index is 12.7. The molecule has 0 atom stereocenters. The summed E-state index contributed by atoms with van der Waals surface area (Å²) in [6.45, 7) is 4.06. The summed E-state index contributed by atoms with van der Waals surface area (Å²) in [6.07, 6.45) is 5.53. The lowest BCUT2D eigenvalue weighted by atomic mass is 10.00. The Bertz CT molecular complexity index is 1270. The van der Waals surface area contributed by atoms with Crippen LogP contribution in [0.25, 0.3) is 32.9 Å². The molecule has 0 unspecified atom stereocenters. The molecule has 4 aromatic rings. The van der Waals surface area contributed by atoms with Gasteiger partial charge in [-0.05, 0) is 60.7 Å². The second-order valence-electron chi connectivity index (χ2n) is 6.85. The summed E-state index contributed by atoms with van der Waals surface area (Å²) >= 11 is 1.71. The minimum absolute atomic E-state index is 0.106. The van der Waals surface area contributed by atoms with Gasteiger partial charge in [0.25, 0.3) is 5.91 Å². The third-order valence-corrected chi connectivity index (χ3v) is 6.35. The Balaban J connectivity index is 1.68. The zero-order chi connectivity index (χ0) is 19.3. The van der Waals surface area contributed by atoms with E-state index < -0.39 is 0 Å². The highest BCUT2D eigenvalue weighted by atomic mass is 32.1. The molecule has 0 bridgehead atoms. The zero-order valence-electron chi connectivity index (χ0n) is 15.5. The van der Waals surface area contributed by atoms with Gasteiger partial charge >= 0.3 is 0 Å². The number of amides is 1. The number of nitrogens with zero attached hydrogens (tertiary/aromatic N) is 2. The molecule has 4 heterocycles. The first kappa shape index (κ1) is 16.8. The maximum Gasteiger partial charge on any atom is 0.257 e. The molecule has 28 heavy (non-hydrogen) atoms. The molecule has 0 fully saturated rings. The van der Waals surface area contributed by atoms with Gasteiger partial charge in [-0.15, -0.1) is 11.3 Å². The van der Waals surface area contributed by atoms with E-state index in [1.807, 2.05) is 37.3 Å². The van der Waals surface area contributed by atoms with Crippen LogP contribution in [0, 0.1) is 13.8 Å². The normalized spacial score (nSPS) is 14.5. The molecule has 1 aliphatic rings. The zero-order valence-corrected chi connectivity index (χ0v) is 16.3. The van der Waals surface area contributed by atoms with Gasteiger partial charge in [0.05, 0.1) is 5.57 Å². The van der Waals surface area contributed by atoms with Gasteiger partial charge in [0.15, 0.2) is 0 Å². The van der Waals surface area contributed by atoms with Gasteiger partial charge in [-0.2, -0.15) is 0 Å². The van der Waals surface area contributed by atoms with Gasteiger partial charge in [-0.3, -0.25) is 9.78 Å². The van der Waals surface area contributed by atoms with Crippen molar-refractivity contribution < 1.29 is 4.79 Å². The summed E-state index contributed by atoms with van der Waals surface area (Å²) in [5, 5.41) is 4.15. The summed E-state index contributed by atoms with van der Waals surface area (Å²) in [4.78, 5) is 22.5. The largest absolute Gasteiger partial charge is 0.306 e. The molecule has 5 heteroatoms. The van der Waals surface area contributed by atoms with E-state index in [0.29, 0.717) is 11.4 Å². The quantitative estimate of drug-likeness (QED) is 0.467. The topological polar surface area (TPSA) is 54.9 Å². The molecule has 3 aromatic heterocycles. The number of carbonyl (C=O) groups excluding carboxylic acids is 1. The third-order valence-electron chi connectivity index (χ3n) is 5.13. The van der Waals surface area contributed by atoms with Gasteiger partial charge in [-0.1, -0.05) is 18.2 Å². The Kier molecular flexibility index (Phi) is 3.84. The number of aryl methyl sites for hydroxylation is 2. The van der Waals surface area contributed by atoms with Gasteiger partial charge in [0.2, 0.25) is 0 Å². The van der Waals surface area contributed by atoms with Crippen molar-refractivity contribution in [3.05, 3.63) is 76.6 Å². The van der Waals surface area contributed by atoms with Crippen molar-refractivity contribution in [2.24, 2.45) is 0 Å². The molecule has 5 rings (SSSR count). The standard InChI is InChI=1S/C23H17N3OS/c1-13-16-5-3-4-6-20(16)28-21(13)12-19-18-11-17(15-7-9-24-10-8-15)14(2)25-22(18)26-23(19)27/h3-12H,1-2H3,(H,25,26,27). The van der Waals surface area contributed by atoms with Gasteiger partial charge in [0, 0.05) is 38.8 Å². The van der Waals surface area contributed by atoms with E-state index in [1.165, 1.54) is 15.6 Å². The van der Waals surface area contributed by atoms with E-state index in [2.05, 4.69) is 40.4 Å². The van der Waals surface area contributed by atoms with Crippen LogP contribution >= 0.6 is 11.3 Å². The summed E-state index contributed by atoms with van der Waals surface area (Å²) in [5.41, 5.74) is 5.64. The van der Waals surface area contributed by atoms with E-state index in [1.54, 1.807) is 23.7 Å². The molecule has 0 spiro atoms. The first-order chi connectivity index (χ1) is 13.6. The van der Waals surface area contributed by atoms with E-state index in [-0.39, 0.29) is 5.91 Å². The van der Waals surface area contributed by atoms with Crippen molar-refractivity contribution in [3.63, 3.8) is 0 Å². The molecule has 1 amide bonds. The Hall–Kier alpha value is -3.31. The van der Waals surface area contributed by atoms with Crippen LogP contribution in [0.15, 0.2) is 54.9 Å². The van der Waals surface area contributed by atoms with Crippen molar-refractivity contribution in [3.8, 4) is 11.1 Å². The van der Waals surface area contributed by atoms with Gasteiger partial charge in [-0.25, -0.2) is 4.98 Å². The number of nitrogens with one attached hydrogen (secondary N) is 1. The molecule has 0 aliphatic carbocycles. The van der Waals surface area contributed by atoms with Crippen molar-refractivity contribution in [2.75, 3.05) is 5.32 Å². The first-order valence-electron chi connectivity index (χ1n) is 9.05. The Labute approximate surface area is 166 Å². The van der Waals surface area contributed by atoms with Crippen molar-refractivity contribution in [1.82, 2.24) is 9.97 Å². The van der Waals surface area contributed by atoms with Crippen molar-refractivity contribution in [2.45, 2.75) is 13.8 Å². The summed E-state index contributed by atoms with van der Waals surface area (Å²) in [6, 6.07) is 14.3. The fourth-order valence-corrected chi connectivity index (χ4v) is 4.79. The molecular weight excluding hydrogens is 366 g/mol. The minimum Gasteiger partial charge on any atom is -0.306 e. The Morgan fingerprint density at radius 3 is 2.61 bits per heavy atom. The SMILES string of the molecule is Cc1nc2c(cc1-c1ccncc1)C(=Cc1sc3ccccc3c1C)C(=O)N2. The van der Waals surface area contributed by atoms with Crippen molar-refractivity contribution in [1.29, 1.82) is 0 Å². The number of pyridine rings is 2. The fourth-order valence-electron chi connectivity index (χ4n) is 3.63. The Morgan fingerprint density at radius 2 is 1.82 bits per heavy atom. The smallest absolute Gasteiger partial charge is 0.257 e. The van der Waals surface area contributed by atoms with Crippen LogP contribution in [0.3, 0.4) is 0 Å². The summed E-state index contributed by atoms with van der Waals surface area (Å²) in [5.74, 6) is 0.524. The fraction of sp³-hybridized carbons (Fsp3) is 0.0870. The van der Waals surface area contributed by atoms with Crippen LogP contribution < -0.4 is 5.32 Å². The lowest BCUT2D eigenvalue weighted by Gasteiger charge is -2.08. The molecule has 0 saturated heterocycles. The maximum absolute atomic E-state index is 12.7. The Morgan fingerprint density at radius 1 is 1.04 bits per heavy atom. The van der Waals surface area contributed by atoms with Crippen LogP contribution in [0.4, 0.5) is 5.82 Å². The predicted octanol–water partition coefficient (Wildman–Crippen LogP) is 5.47. The molecule has 136 valence electrons. The number of thiophene rings is 1. The molecule has 4 nitrogen and oxygen atoms in total. The molecule has 0 saturated carbocycles. The van der Waals surface area contributed by atoms with Crippen LogP contribution in [0.1, 0.15) is 21.7 Å². The number of rotatable bonds is 2. The highest BCUT2D eigenvalue weighted by Crippen LogP contribution is 2.39. The summed E-state index contributed by atoms with van der Waals surface area (Å²) in [7, 11) is 0. The van der Waals surface area contributed by atoms with E-state index >= 15 is 0 Å². The molecule has 1 aromatic carbocycles. The van der Waals surface area contributed by atoms with Crippen LogP contribution in [-0.4, -0.2) is 15.9 Å². The average Bonchev–Trinajstić information content (AvgIpc) is 3.19. The predicted molar refractivity (Wildman–Crippen MR) is 115 cm³/mol. The lowest BCUT2D eigenvalue weighted by molar-refractivity contribution is -0.110. The monoisotopic (exact) mass is 383 g/mol. The molecular formula is C23H17N3OS. The highest BCUT2D eigenvalue weighted by Gasteiger charge is 2.27. The van der Waals surface area contributed by atoms with Crippen molar-refractivity contribution >= 4 is 44.8 Å². The highest BCUT2D eigenvalue weighted by molar-refractivity contribution is 7.20. The minimum atomic E-state index is -0.106. The van der Waals surface area contributed by atoms with E-state index in [9.17, 15) is 4.79 Å². The number of hydrogen-bond donors (Lipinski definition) is 1. The number of hydrogen-bond acceptors (Lipinski definition) is 4. The van der Waals surface area contributed by atoms with Crippen LogP contribution in [0.5, 0.6) is 0 Å². The molecule has 0 radical (unpaired) electrons. The number of anilines is 1. The number of carbonyl (C=O) groups is 1. The average molecular weight is 383 g/mol. The second kappa shape index (κ2) is 6.39. The van der Waals surface area contributed by atoms with Crippen LogP contribution in [-0.2, 0) is 4.79 Å². The molecule has 1 N–H and O–H groups in total. The van der Waals surface area contributed by atoms with Gasteiger partial charge < -0.3 is 5.32 Å². The van der Waals surface area contributed by atoms with Gasteiger partial charge in [0.1, 0.15) is 5.82 Å². The van der Waals surface area contributed by atoms with E-state index in [0.717, 1.165) is 27.3 Å². The third kappa shape index (κ3) is 2.63. The number of aromatic nitrogens is 2. The first-order valence-corrected chi connectivity index (χ1v) is 9.87. The number of benzene rings is 1. The summed E-state index contributed by atoms with van der Waals surface area (Å²) < 4.78 is 1.23. The van der Waals surface area contributed by atoms with Crippen LogP contribution in [0.2, 0.25) is 0 Å². The molecule has 1 aliphatic heterocycles. The van der Waals surface area contributed by atoms with E-state index in [4.69, 9.17) is 0 Å². The number of fused-ring (bicyclic) bond motifs is 2. The lowest BCUT2D eigenvalue weighted by Crippen LogP contribution is -2.04. The second-order valence-corrected chi connectivity index (χ2v) is 7.94.